The molecule has 1 saturated carbocycles. The molecule has 2 aromatic rings. The van der Waals surface area contributed by atoms with Crippen molar-refractivity contribution in [3.63, 3.8) is 0 Å². The Balaban J connectivity index is 1.39. The molecule has 0 radical (unpaired) electrons. The van der Waals surface area contributed by atoms with Crippen molar-refractivity contribution in [2.45, 2.75) is 56.4 Å². The summed E-state index contributed by atoms with van der Waals surface area (Å²) in [6.07, 6.45) is 4.65. The lowest BCUT2D eigenvalue weighted by atomic mass is 9.60. The van der Waals surface area contributed by atoms with Crippen LogP contribution in [0.3, 0.4) is 0 Å². The second kappa shape index (κ2) is 6.96. The van der Waals surface area contributed by atoms with Crippen LogP contribution in [0.1, 0.15) is 43.7 Å². The summed E-state index contributed by atoms with van der Waals surface area (Å²) in [7, 11) is 0. The molecular formula is C25H30NO3+. The maximum Gasteiger partial charge on any atom is 0.347 e. The molecule has 1 N–H and O–H groups in total. The highest BCUT2D eigenvalue weighted by atomic mass is 16.6. The van der Waals surface area contributed by atoms with Crippen molar-refractivity contribution in [1.29, 1.82) is 0 Å². The SMILES string of the molecule is CCC1C2C(OC(=O)C(O)(c3ccccc3)c3ccccc3)CC2[N+]12CCCC2. The van der Waals surface area contributed by atoms with Gasteiger partial charge in [0.25, 0.3) is 0 Å². The fourth-order valence-electron chi connectivity index (χ4n) is 6.48. The van der Waals surface area contributed by atoms with Crippen molar-refractivity contribution in [2.24, 2.45) is 5.92 Å². The predicted octanol–water partition coefficient (Wildman–Crippen LogP) is 3.63. The van der Waals surface area contributed by atoms with Gasteiger partial charge < -0.3 is 14.3 Å². The monoisotopic (exact) mass is 392 g/mol. The Morgan fingerprint density at radius 3 is 2.10 bits per heavy atom. The van der Waals surface area contributed by atoms with Crippen molar-refractivity contribution >= 4 is 5.97 Å². The van der Waals surface area contributed by atoms with Crippen LogP contribution in [0.4, 0.5) is 0 Å². The normalized spacial score (nSPS) is 29.6. The molecule has 0 aromatic heterocycles. The molecule has 3 aliphatic rings. The van der Waals surface area contributed by atoms with E-state index in [0.717, 1.165) is 12.8 Å². The third-order valence-corrected chi connectivity index (χ3v) is 7.87. The molecule has 4 nitrogen and oxygen atoms in total. The molecule has 2 aromatic carbocycles. The van der Waals surface area contributed by atoms with E-state index in [1.165, 1.54) is 30.4 Å². The number of hydrogen-bond donors (Lipinski definition) is 1. The minimum absolute atomic E-state index is 0.0688. The Kier molecular flexibility index (Phi) is 4.52. The fourth-order valence-corrected chi connectivity index (χ4v) is 6.48. The zero-order valence-electron chi connectivity index (χ0n) is 17.0. The van der Waals surface area contributed by atoms with E-state index in [1.807, 2.05) is 36.4 Å². The molecule has 3 fully saturated rings. The number of quaternary nitrogens is 1. The summed E-state index contributed by atoms with van der Waals surface area (Å²) < 4.78 is 7.29. The molecule has 1 aliphatic carbocycles. The topological polar surface area (TPSA) is 46.5 Å². The van der Waals surface area contributed by atoms with Gasteiger partial charge in [-0.2, -0.15) is 0 Å². The van der Waals surface area contributed by atoms with Gasteiger partial charge in [0.1, 0.15) is 24.1 Å². The van der Waals surface area contributed by atoms with E-state index >= 15 is 0 Å². The Morgan fingerprint density at radius 2 is 1.59 bits per heavy atom. The lowest BCUT2D eigenvalue weighted by molar-refractivity contribution is -1.03. The smallest absolute Gasteiger partial charge is 0.347 e. The zero-order valence-corrected chi connectivity index (χ0v) is 17.0. The molecule has 5 rings (SSSR count). The van der Waals surface area contributed by atoms with Crippen molar-refractivity contribution in [3.05, 3.63) is 71.8 Å². The van der Waals surface area contributed by atoms with Gasteiger partial charge in [0, 0.05) is 19.3 Å². The Labute approximate surface area is 172 Å². The van der Waals surface area contributed by atoms with Crippen LogP contribution in [0.25, 0.3) is 0 Å². The first-order valence-electron chi connectivity index (χ1n) is 11.0. The molecule has 0 bridgehead atoms. The third kappa shape index (κ3) is 2.62. The summed E-state index contributed by atoms with van der Waals surface area (Å²) in [5.74, 6) is -0.0917. The standard InChI is InChI=1S/C25H30NO3/c1-2-20-23-21(26(20)15-9-10-16-26)17-22(23)29-24(27)25(28,18-11-5-3-6-12-18)19-13-7-4-8-14-19/h3-8,11-14,20-23,28H,2,9-10,15-17H2,1H3/q+1. The number of benzene rings is 2. The molecule has 2 saturated heterocycles. The lowest BCUT2D eigenvalue weighted by Gasteiger charge is -2.68. The highest BCUT2D eigenvalue weighted by Gasteiger charge is 2.72. The van der Waals surface area contributed by atoms with Crippen LogP contribution >= 0.6 is 0 Å². The van der Waals surface area contributed by atoms with Crippen molar-refractivity contribution in [1.82, 2.24) is 0 Å². The van der Waals surface area contributed by atoms with Gasteiger partial charge >= 0.3 is 5.97 Å². The van der Waals surface area contributed by atoms with E-state index in [2.05, 4.69) is 6.92 Å². The van der Waals surface area contributed by atoms with Gasteiger partial charge in [-0.15, -0.1) is 0 Å². The highest BCUT2D eigenvalue weighted by Crippen LogP contribution is 2.57. The maximum atomic E-state index is 13.4. The second-order valence-corrected chi connectivity index (χ2v) is 9.00. The number of hydrogen-bond acceptors (Lipinski definition) is 3. The minimum atomic E-state index is -1.78. The summed E-state index contributed by atoms with van der Waals surface area (Å²) in [6.45, 7) is 4.84. The van der Waals surface area contributed by atoms with Crippen LogP contribution in [0.5, 0.6) is 0 Å². The van der Waals surface area contributed by atoms with E-state index < -0.39 is 11.6 Å². The van der Waals surface area contributed by atoms with Gasteiger partial charge in [0.05, 0.1) is 13.1 Å². The average Bonchev–Trinajstić information content (AvgIpc) is 3.26. The van der Waals surface area contributed by atoms with E-state index in [-0.39, 0.29) is 6.10 Å². The highest BCUT2D eigenvalue weighted by molar-refractivity contribution is 5.85. The Hall–Kier alpha value is -2.17. The van der Waals surface area contributed by atoms with Gasteiger partial charge in [-0.25, -0.2) is 4.79 Å². The van der Waals surface area contributed by atoms with Crippen LogP contribution in [-0.2, 0) is 15.1 Å². The summed E-state index contributed by atoms with van der Waals surface area (Å²) in [5.41, 5.74) is -0.676. The minimum Gasteiger partial charge on any atom is -0.459 e. The summed E-state index contributed by atoms with van der Waals surface area (Å²) in [4.78, 5) is 13.4. The predicted molar refractivity (Wildman–Crippen MR) is 111 cm³/mol. The number of esters is 1. The lowest BCUT2D eigenvalue weighted by Crippen LogP contribution is -2.84. The molecule has 4 unspecified atom stereocenters. The summed E-state index contributed by atoms with van der Waals surface area (Å²) in [5, 5.41) is 11.6. The molecule has 4 atom stereocenters. The number of fused-ring (bicyclic) bond motifs is 2. The van der Waals surface area contributed by atoms with Crippen molar-refractivity contribution < 1.29 is 19.1 Å². The largest absolute Gasteiger partial charge is 0.459 e. The molecular weight excluding hydrogens is 362 g/mol. The van der Waals surface area contributed by atoms with Crippen LogP contribution < -0.4 is 0 Å². The molecule has 29 heavy (non-hydrogen) atoms. The van der Waals surface area contributed by atoms with Gasteiger partial charge in [-0.3, -0.25) is 0 Å². The van der Waals surface area contributed by atoms with E-state index in [9.17, 15) is 9.90 Å². The quantitative estimate of drug-likeness (QED) is 0.624. The van der Waals surface area contributed by atoms with E-state index in [4.69, 9.17) is 4.74 Å². The maximum absolute atomic E-state index is 13.4. The van der Waals surface area contributed by atoms with E-state index in [0.29, 0.717) is 29.1 Å². The van der Waals surface area contributed by atoms with Crippen LogP contribution in [0.15, 0.2) is 60.7 Å². The number of piperidine rings is 1. The van der Waals surface area contributed by atoms with Gasteiger partial charge in [0.15, 0.2) is 0 Å². The van der Waals surface area contributed by atoms with Crippen molar-refractivity contribution in [3.8, 4) is 0 Å². The average molecular weight is 393 g/mol. The second-order valence-electron chi connectivity index (χ2n) is 9.00. The van der Waals surface area contributed by atoms with Gasteiger partial charge in [-0.05, 0) is 17.5 Å². The zero-order chi connectivity index (χ0) is 20.1. The molecule has 2 heterocycles. The third-order valence-electron chi connectivity index (χ3n) is 7.87. The van der Waals surface area contributed by atoms with Crippen molar-refractivity contribution in [2.75, 3.05) is 13.1 Å². The van der Waals surface area contributed by atoms with Crippen LogP contribution in [0.2, 0.25) is 0 Å². The number of ether oxygens (including phenoxy) is 1. The van der Waals surface area contributed by atoms with Gasteiger partial charge in [-0.1, -0.05) is 67.6 Å². The fraction of sp³-hybridized carbons (Fsp3) is 0.480. The molecule has 4 heteroatoms. The Bertz CT molecular complexity index is 836. The first kappa shape index (κ1) is 18.8. The number of rotatable bonds is 5. The molecule has 0 amide bonds. The number of aliphatic hydroxyl groups is 1. The number of carbonyl (C=O) groups excluding carboxylic acids is 1. The molecule has 2 aliphatic heterocycles. The number of carbonyl (C=O) groups is 1. The first-order valence-corrected chi connectivity index (χ1v) is 11.0. The van der Waals surface area contributed by atoms with Gasteiger partial charge in [0.2, 0.25) is 5.60 Å². The molecule has 152 valence electrons. The summed E-state index contributed by atoms with van der Waals surface area (Å²) in [6, 6.07) is 19.6. The Morgan fingerprint density at radius 1 is 1.03 bits per heavy atom. The summed E-state index contributed by atoms with van der Waals surface area (Å²) >= 11 is 0. The van der Waals surface area contributed by atoms with Crippen LogP contribution in [-0.4, -0.2) is 46.8 Å². The first-order chi connectivity index (χ1) is 14.1. The number of nitrogens with zero attached hydrogens (tertiary/aromatic N) is 1. The van der Waals surface area contributed by atoms with Crippen LogP contribution in [0, 0.1) is 5.92 Å². The van der Waals surface area contributed by atoms with E-state index in [1.54, 1.807) is 24.3 Å². The molecule has 1 spiro atoms.